The molecule has 50 heavy (non-hydrogen) atoms. The number of ether oxygens (including phenoxy) is 1. The zero-order valence-corrected chi connectivity index (χ0v) is 27.8. The van der Waals surface area contributed by atoms with Gasteiger partial charge in [0.1, 0.15) is 18.6 Å². The highest BCUT2D eigenvalue weighted by Gasteiger charge is 2.50. The summed E-state index contributed by atoms with van der Waals surface area (Å²) in [5, 5.41) is 17.2. The molecule has 264 valence electrons. The lowest BCUT2D eigenvalue weighted by Gasteiger charge is -2.54. The number of carbonyl (C=O) groups is 2. The number of nitrogens with zero attached hydrogens (tertiary/aromatic N) is 9. The van der Waals surface area contributed by atoms with Crippen LogP contribution in [0.3, 0.4) is 0 Å². The highest BCUT2D eigenvalue weighted by molar-refractivity contribution is 6.33. The third-order valence-corrected chi connectivity index (χ3v) is 9.58. The van der Waals surface area contributed by atoms with E-state index >= 15 is 0 Å². The van der Waals surface area contributed by atoms with Crippen LogP contribution in [0.4, 0.5) is 30.5 Å². The van der Waals surface area contributed by atoms with E-state index in [1.54, 1.807) is 11.5 Å². The number of piperazine rings is 1. The Labute approximate surface area is 287 Å². The molecule has 0 unspecified atom stereocenters. The molecule has 1 spiro atoms. The molecule has 15 nitrogen and oxygen atoms in total. The minimum atomic E-state index is -4.61. The second-order valence-electron chi connectivity index (χ2n) is 12.7. The second-order valence-corrected chi connectivity index (χ2v) is 13.1. The molecule has 6 heterocycles. The number of benzene rings is 1. The number of halogens is 4. The predicted molar refractivity (Wildman–Crippen MR) is 174 cm³/mol. The zero-order chi connectivity index (χ0) is 35.5. The molecule has 3 aliphatic heterocycles. The van der Waals surface area contributed by atoms with E-state index in [0.29, 0.717) is 44.4 Å². The fourth-order valence-corrected chi connectivity index (χ4v) is 6.79. The van der Waals surface area contributed by atoms with Crippen LogP contribution in [0.1, 0.15) is 34.4 Å². The maximum atomic E-state index is 14.2. The van der Waals surface area contributed by atoms with Gasteiger partial charge in [0.15, 0.2) is 11.4 Å². The van der Waals surface area contributed by atoms with Crippen LogP contribution in [0.15, 0.2) is 29.3 Å². The van der Waals surface area contributed by atoms with Crippen LogP contribution in [0.25, 0.3) is 5.78 Å². The van der Waals surface area contributed by atoms with Gasteiger partial charge in [-0.05, 0) is 31.5 Å². The Morgan fingerprint density at radius 3 is 2.44 bits per heavy atom. The lowest BCUT2D eigenvalue weighted by molar-refractivity contribution is -0.137. The Kier molecular flexibility index (Phi) is 8.32. The van der Waals surface area contributed by atoms with E-state index in [1.807, 2.05) is 16.7 Å². The van der Waals surface area contributed by atoms with Crippen molar-refractivity contribution in [3.05, 3.63) is 62.5 Å². The first kappa shape index (κ1) is 33.5. The number of carbonyl (C=O) groups excluding carboxylic acids is 2. The summed E-state index contributed by atoms with van der Waals surface area (Å²) in [4.78, 5) is 58.7. The van der Waals surface area contributed by atoms with Gasteiger partial charge < -0.3 is 34.4 Å². The summed E-state index contributed by atoms with van der Waals surface area (Å²) in [5.41, 5.74) is -0.473. The number of anilines is 3. The first-order valence-electron chi connectivity index (χ1n) is 15.8. The average Bonchev–Trinajstić information content (AvgIpc) is 3.48. The number of rotatable bonds is 7. The van der Waals surface area contributed by atoms with Gasteiger partial charge in [-0.2, -0.15) is 22.7 Å². The summed E-state index contributed by atoms with van der Waals surface area (Å²) < 4.78 is 47.7. The smallest absolute Gasteiger partial charge is 0.416 e. The van der Waals surface area contributed by atoms with Gasteiger partial charge in [0.25, 0.3) is 11.5 Å². The van der Waals surface area contributed by atoms with E-state index in [4.69, 9.17) is 16.3 Å². The molecular weight excluding hydrogens is 685 g/mol. The summed E-state index contributed by atoms with van der Waals surface area (Å²) in [7, 11) is 0. The Balaban J connectivity index is 1.21. The van der Waals surface area contributed by atoms with Gasteiger partial charge >= 0.3 is 6.18 Å². The van der Waals surface area contributed by atoms with Crippen molar-refractivity contribution in [3.8, 4) is 5.75 Å². The van der Waals surface area contributed by atoms with Gasteiger partial charge in [0, 0.05) is 39.3 Å². The molecule has 0 atom stereocenters. The molecule has 0 radical (unpaired) electrons. The zero-order valence-electron chi connectivity index (χ0n) is 27.0. The van der Waals surface area contributed by atoms with Crippen molar-refractivity contribution in [1.29, 1.82) is 0 Å². The molecule has 3 saturated heterocycles. The van der Waals surface area contributed by atoms with Crippen molar-refractivity contribution in [2.45, 2.75) is 33.0 Å². The third kappa shape index (κ3) is 5.85. The maximum Gasteiger partial charge on any atom is 0.416 e. The number of amides is 2. The van der Waals surface area contributed by atoms with Crippen LogP contribution in [-0.2, 0) is 28.7 Å². The van der Waals surface area contributed by atoms with Crippen LogP contribution < -0.4 is 20.7 Å². The lowest BCUT2D eigenvalue weighted by atomic mass is 9.78. The molecule has 0 aliphatic carbocycles. The number of aromatic hydroxyl groups is 1. The molecule has 2 N–H and O–H groups in total. The highest BCUT2D eigenvalue weighted by Crippen LogP contribution is 2.39. The molecule has 19 heteroatoms. The molecule has 2 amide bonds. The topological polar surface area (TPSA) is 163 Å². The van der Waals surface area contributed by atoms with E-state index in [1.165, 1.54) is 11.2 Å². The van der Waals surface area contributed by atoms with Crippen molar-refractivity contribution >= 4 is 46.5 Å². The Morgan fingerprint density at radius 2 is 1.82 bits per heavy atom. The number of aryl methyl sites for hydroxylation is 1. The monoisotopic (exact) mass is 716 g/mol. The van der Waals surface area contributed by atoms with E-state index in [-0.39, 0.29) is 77.5 Å². The van der Waals surface area contributed by atoms with Crippen LogP contribution in [0, 0.1) is 12.3 Å². The van der Waals surface area contributed by atoms with E-state index in [9.17, 15) is 32.7 Å². The molecule has 7 rings (SSSR count). The van der Waals surface area contributed by atoms with Crippen LogP contribution in [0.2, 0.25) is 5.02 Å². The van der Waals surface area contributed by atoms with Gasteiger partial charge in [0.05, 0.1) is 46.3 Å². The maximum absolute atomic E-state index is 14.2. The Hall–Kier alpha value is -4.97. The molecule has 4 aromatic rings. The van der Waals surface area contributed by atoms with Gasteiger partial charge in [0.2, 0.25) is 17.6 Å². The number of alkyl halides is 3. The number of hydrogen-bond donors (Lipinski definition) is 2. The largest absolute Gasteiger partial charge is 0.504 e. The van der Waals surface area contributed by atoms with Crippen molar-refractivity contribution < 1.29 is 32.6 Å². The summed E-state index contributed by atoms with van der Waals surface area (Å²) in [6, 6.07) is 2.64. The van der Waals surface area contributed by atoms with Crippen molar-refractivity contribution in [2.24, 2.45) is 5.41 Å². The molecule has 1 aromatic carbocycles. The first-order chi connectivity index (χ1) is 23.8. The molecule has 0 saturated carbocycles. The van der Waals surface area contributed by atoms with Crippen LogP contribution >= 0.6 is 11.6 Å². The lowest BCUT2D eigenvalue weighted by Crippen LogP contribution is -2.66. The minimum Gasteiger partial charge on any atom is -0.504 e. The Morgan fingerprint density at radius 1 is 1.10 bits per heavy atom. The Bertz CT molecular complexity index is 2070. The molecule has 0 bridgehead atoms. The third-order valence-electron chi connectivity index (χ3n) is 9.26. The van der Waals surface area contributed by atoms with Crippen LogP contribution in [0.5, 0.6) is 5.75 Å². The van der Waals surface area contributed by atoms with Gasteiger partial charge in [-0.15, -0.1) is 5.10 Å². The number of fused-ring (bicyclic) bond motifs is 1. The first-order valence-corrected chi connectivity index (χ1v) is 16.2. The fraction of sp³-hybridized carbons (Fsp3) is 0.452. The van der Waals surface area contributed by atoms with Gasteiger partial charge in [-0.1, -0.05) is 18.5 Å². The molecule has 3 aromatic heterocycles. The van der Waals surface area contributed by atoms with E-state index in [0.717, 1.165) is 22.7 Å². The molecular formula is C31H32ClF3N10O5. The number of hydrogen-bond acceptors (Lipinski definition) is 11. The number of nitrogens with one attached hydrogen (secondary N) is 1. The number of aromatic nitrogens is 6. The quantitative estimate of drug-likeness (QED) is 0.289. The second kappa shape index (κ2) is 12.4. The normalized spacial score (nSPS) is 17.2. The predicted octanol–water partition coefficient (Wildman–Crippen LogP) is 2.37. The van der Waals surface area contributed by atoms with Crippen LogP contribution in [-0.4, -0.2) is 103 Å². The minimum absolute atomic E-state index is 0.0125. The highest BCUT2D eigenvalue weighted by atomic mass is 35.5. The summed E-state index contributed by atoms with van der Waals surface area (Å²) in [6.07, 6.45) is -3.10. The molecule has 3 fully saturated rings. The average molecular weight is 717 g/mol. The summed E-state index contributed by atoms with van der Waals surface area (Å²) in [5.74, 6) is -0.952. The summed E-state index contributed by atoms with van der Waals surface area (Å²) >= 11 is 6.11. The molecule has 3 aliphatic rings. The van der Waals surface area contributed by atoms with Gasteiger partial charge in [-0.3, -0.25) is 14.4 Å². The summed E-state index contributed by atoms with van der Waals surface area (Å²) in [6.45, 7) is 6.48. The fourth-order valence-electron chi connectivity index (χ4n) is 6.56. The van der Waals surface area contributed by atoms with Crippen molar-refractivity contribution in [1.82, 2.24) is 34.0 Å². The van der Waals surface area contributed by atoms with Gasteiger partial charge in [-0.25, -0.2) is 9.97 Å². The standard InChI is InChI=1S/C31H32ClF3N10O5/c1-3-21-24(41-6-8-42(9-7-41)26(48)23-25(47)17(2)36-16-37-23)27(49)45-29(39-28(40-45)43-12-30(13-43)14-50-15-30)44(21)11-22(46)38-20-5-4-18(10-19(20)32)31(33,34)35/h4-5,10,16,47H,3,6-9,11-15H2,1-2H3,(H,38,46). The van der Waals surface area contributed by atoms with E-state index in [2.05, 4.69) is 25.4 Å². The SMILES string of the molecule is CCc1c(N2CCN(C(=O)c3ncnc(C)c3O)CC2)c(=O)n2nc(N3CC4(COC4)C3)nc2n1CC(=O)Nc1ccc(C(F)(F)F)cc1Cl. The van der Waals surface area contributed by atoms with Crippen molar-refractivity contribution in [3.63, 3.8) is 0 Å². The van der Waals surface area contributed by atoms with Crippen molar-refractivity contribution in [2.75, 3.05) is 67.6 Å². The van der Waals surface area contributed by atoms with E-state index < -0.39 is 29.1 Å².